The van der Waals surface area contributed by atoms with Gasteiger partial charge < -0.3 is 4.74 Å². The van der Waals surface area contributed by atoms with Crippen molar-refractivity contribution in [1.29, 1.82) is 0 Å². The van der Waals surface area contributed by atoms with Gasteiger partial charge >= 0.3 is 0 Å². The molecule has 0 bridgehead atoms. The van der Waals surface area contributed by atoms with Crippen LogP contribution < -0.4 is 0 Å². The average Bonchev–Trinajstić information content (AvgIpc) is 2.40. The second kappa shape index (κ2) is 6.72. The molecule has 1 aromatic heterocycles. The zero-order valence-electron chi connectivity index (χ0n) is 11.0. The number of methoxy groups -OCH3 is 1. The summed E-state index contributed by atoms with van der Waals surface area (Å²) >= 11 is 18.3. The van der Waals surface area contributed by atoms with E-state index in [0.29, 0.717) is 33.1 Å². The summed E-state index contributed by atoms with van der Waals surface area (Å²) in [7, 11) is 1.63. The summed E-state index contributed by atoms with van der Waals surface area (Å²) in [5.41, 5.74) is 1.44. The number of nitrogens with zero attached hydrogens (tertiary/aromatic N) is 2. The number of rotatable bonds is 4. The smallest absolute Gasteiger partial charge is 0.142 e. The van der Waals surface area contributed by atoms with Crippen molar-refractivity contribution in [1.82, 2.24) is 9.97 Å². The van der Waals surface area contributed by atoms with Crippen LogP contribution in [0.25, 0.3) is 11.1 Å². The summed E-state index contributed by atoms with van der Waals surface area (Å²) < 4.78 is 5.18. The Labute approximate surface area is 132 Å². The fraction of sp³-hybridized carbons (Fsp3) is 0.286. The van der Waals surface area contributed by atoms with Gasteiger partial charge in [0.2, 0.25) is 0 Å². The first-order valence-corrected chi connectivity index (χ1v) is 7.15. The SMILES string of the molecule is COC(C)Cc1nc(Cl)c(-c2ccc(Cl)cc2)c(Cl)n1. The van der Waals surface area contributed by atoms with E-state index >= 15 is 0 Å². The van der Waals surface area contributed by atoms with Gasteiger partial charge in [-0.15, -0.1) is 0 Å². The van der Waals surface area contributed by atoms with Crippen molar-refractivity contribution in [3.63, 3.8) is 0 Å². The van der Waals surface area contributed by atoms with E-state index < -0.39 is 0 Å². The van der Waals surface area contributed by atoms with Gasteiger partial charge in [0.25, 0.3) is 0 Å². The Hall–Kier alpha value is -0.870. The summed E-state index contributed by atoms with van der Waals surface area (Å²) in [6, 6.07) is 7.20. The van der Waals surface area contributed by atoms with Gasteiger partial charge in [0.15, 0.2) is 0 Å². The molecule has 6 heteroatoms. The summed E-state index contributed by atoms with van der Waals surface area (Å²) in [4.78, 5) is 8.56. The van der Waals surface area contributed by atoms with Crippen molar-refractivity contribution in [2.24, 2.45) is 0 Å². The quantitative estimate of drug-likeness (QED) is 0.763. The molecule has 0 aliphatic rings. The summed E-state index contributed by atoms with van der Waals surface area (Å²) in [5.74, 6) is 0.562. The molecule has 20 heavy (non-hydrogen) atoms. The van der Waals surface area contributed by atoms with Crippen molar-refractivity contribution < 1.29 is 4.74 Å². The van der Waals surface area contributed by atoms with Crippen LogP contribution in [0.2, 0.25) is 15.3 Å². The number of halogens is 3. The minimum atomic E-state index is 0.00325. The van der Waals surface area contributed by atoms with Crippen LogP contribution in [0.3, 0.4) is 0 Å². The first-order valence-electron chi connectivity index (χ1n) is 6.02. The van der Waals surface area contributed by atoms with Crippen LogP contribution in [0.4, 0.5) is 0 Å². The second-order valence-corrected chi connectivity index (χ2v) is 5.51. The molecule has 3 nitrogen and oxygen atoms in total. The topological polar surface area (TPSA) is 35.0 Å². The maximum absolute atomic E-state index is 6.23. The van der Waals surface area contributed by atoms with Crippen LogP contribution >= 0.6 is 34.8 Å². The maximum Gasteiger partial charge on any atom is 0.142 e. The van der Waals surface area contributed by atoms with Gasteiger partial charge in [-0.2, -0.15) is 0 Å². The number of hydrogen-bond acceptors (Lipinski definition) is 3. The Morgan fingerprint density at radius 3 is 2.10 bits per heavy atom. The largest absolute Gasteiger partial charge is 0.381 e. The minimum Gasteiger partial charge on any atom is -0.381 e. The van der Waals surface area contributed by atoms with Crippen LogP contribution in [0.15, 0.2) is 24.3 Å². The van der Waals surface area contributed by atoms with E-state index in [9.17, 15) is 0 Å². The lowest BCUT2D eigenvalue weighted by atomic mass is 10.1. The molecule has 0 aliphatic heterocycles. The molecule has 0 aliphatic carbocycles. The molecule has 0 saturated carbocycles. The van der Waals surface area contributed by atoms with Gasteiger partial charge in [-0.3, -0.25) is 0 Å². The minimum absolute atomic E-state index is 0.00325. The first kappa shape index (κ1) is 15.5. The summed E-state index contributed by atoms with van der Waals surface area (Å²) in [6.07, 6.45) is 0.556. The van der Waals surface area contributed by atoms with Crippen LogP contribution in [0, 0.1) is 0 Å². The molecule has 0 saturated heterocycles. The van der Waals surface area contributed by atoms with Gasteiger partial charge in [0, 0.05) is 18.6 Å². The highest BCUT2D eigenvalue weighted by atomic mass is 35.5. The second-order valence-electron chi connectivity index (χ2n) is 4.35. The van der Waals surface area contributed by atoms with E-state index in [1.807, 2.05) is 19.1 Å². The molecule has 106 valence electrons. The van der Waals surface area contributed by atoms with Crippen molar-refractivity contribution in [3.05, 3.63) is 45.4 Å². The first-order chi connectivity index (χ1) is 9.51. The highest BCUT2D eigenvalue weighted by Gasteiger charge is 2.15. The zero-order valence-corrected chi connectivity index (χ0v) is 13.3. The third-order valence-corrected chi connectivity index (χ3v) is 3.67. The van der Waals surface area contributed by atoms with E-state index in [2.05, 4.69) is 9.97 Å². The normalized spacial score (nSPS) is 12.4. The number of hydrogen-bond donors (Lipinski definition) is 0. The molecule has 2 aromatic rings. The highest BCUT2D eigenvalue weighted by molar-refractivity contribution is 6.37. The Bertz CT molecular complexity index is 579. The number of benzene rings is 1. The lowest BCUT2D eigenvalue weighted by Crippen LogP contribution is -2.12. The van der Waals surface area contributed by atoms with Crippen LogP contribution in [0.1, 0.15) is 12.7 Å². The Morgan fingerprint density at radius 1 is 1.05 bits per heavy atom. The molecule has 0 N–H and O–H groups in total. The van der Waals surface area contributed by atoms with Crippen molar-refractivity contribution in [2.45, 2.75) is 19.4 Å². The van der Waals surface area contributed by atoms with E-state index in [-0.39, 0.29) is 6.10 Å². The van der Waals surface area contributed by atoms with Gasteiger partial charge in [0.05, 0.1) is 11.7 Å². The molecule has 1 heterocycles. The van der Waals surface area contributed by atoms with E-state index in [4.69, 9.17) is 39.5 Å². The zero-order chi connectivity index (χ0) is 14.7. The average molecular weight is 332 g/mol. The molecule has 1 aromatic carbocycles. The lowest BCUT2D eigenvalue weighted by Gasteiger charge is -2.11. The van der Waals surface area contributed by atoms with E-state index in [1.54, 1.807) is 19.2 Å². The Morgan fingerprint density at radius 2 is 1.60 bits per heavy atom. The highest BCUT2D eigenvalue weighted by Crippen LogP contribution is 2.33. The third-order valence-electron chi connectivity index (χ3n) is 2.87. The molecule has 1 unspecified atom stereocenters. The van der Waals surface area contributed by atoms with Gasteiger partial charge in [0.1, 0.15) is 16.1 Å². The van der Waals surface area contributed by atoms with Gasteiger partial charge in [-0.1, -0.05) is 46.9 Å². The van der Waals surface area contributed by atoms with Crippen molar-refractivity contribution >= 4 is 34.8 Å². The van der Waals surface area contributed by atoms with Crippen LogP contribution in [-0.2, 0) is 11.2 Å². The molecule has 0 fully saturated rings. The van der Waals surface area contributed by atoms with Crippen molar-refractivity contribution in [3.8, 4) is 11.1 Å². The van der Waals surface area contributed by atoms with Gasteiger partial charge in [-0.05, 0) is 24.6 Å². The Balaban J connectivity index is 2.38. The predicted molar refractivity (Wildman–Crippen MR) is 82.7 cm³/mol. The molecule has 2 rings (SSSR count). The lowest BCUT2D eigenvalue weighted by molar-refractivity contribution is 0.117. The fourth-order valence-corrected chi connectivity index (χ4v) is 2.50. The summed E-state index contributed by atoms with van der Waals surface area (Å²) in [6.45, 7) is 1.93. The molecule has 0 amide bonds. The standard InChI is InChI=1S/C14H13Cl3N2O/c1-8(20-2)7-11-18-13(16)12(14(17)19-11)9-3-5-10(15)6-4-9/h3-6,8H,7H2,1-2H3. The molecular formula is C14H13Cl3N2O. The molecule has 0 radical (unpaired) electrons. The molecular weight excluding hydrogens is 319 g/mol. The summed E-state index contributed by atoms with van der Waals surface area (Å²) in [5, 5.41) is 1.30. The molecule has 0 spiro atoms. The maximum atomic E-state index is 6.23. The Kier molecular flexibility index (Phi) is 5.22. The van der Waals surface area contributed by atoms with E-state index in [1.165, 1.54) is 0 Å². The predicted octanol–water partition coefficient (Wildman–Crippen LogP) is 4.68. The molecule has 1 atom stereocenters. The van der Waals surface area contributed by atoms with Crippen LogP contribution in [0.5, 0.6) is 0 Å². The van der Waals surface area contributed by atoms with Crippen molar-refractivity contribution in [2.75, 3.05) is 7.11 Å². The van der Waals surface area contributed by atoms with E-state index in [0.717, 1.165) is 5.56 Å². The third kappa shape index (κ3) is 3.61. The monoisotopic (exact) mass is 330 g/mol. The fourth-order valence-electron chi connectivity index (χ4n) is 1.74. The number of ether oxygens (including phenoxy) is 1. The van der Waals surface area contributed by atoms with Crippen LogP contribution in [-0.4, -0.2) is 23.2 Å². The van der Waals surface area contributed by atoms with Gasteiger partial charge in [-0.25, -0.2) is 9.97 Å². The number of aromatic nitrogens is 2.